The summed E-state index contributed by atoms with van der Waals surface area (Å²) in [5.74, 6) is 0. The highest BCUT2D eigenvalue weighted by molar-refractivity contribution is 6.62. The van der Waals surface area contributed by atoms with Crippen LogP contribution in [0.1, 0.15) is 72.9 Å². The fourth-order valence-corrected chi connectivity index (χ4v) is 3.54. The summed E-state index contributed by atoms with van der Waals surface area (Å²) in [4.78, 5) is 14.5. The van der Waals surface area contributed by atoms with Crippen molar-refractivity contribution in [3.05, 3.63) is 29.8 Å². The number of benzene rings is 1. The topological polar surface area (TPSA) is 48.0 Å². The van der Waals surface area contributed by atoms with Crippen LogP contribution < -0.4 is 5.46 Å². The molecule has 1 atom stereocenters. The van der Waals surface area contributed by atoms with Gasteiger partial charge in [-0.3, -0.25) is 0 Å². The molecule has 2 aliphatic heterocycles. The van der Waals surface area contributed by atoms with Gasteiger partial charge in [-0.15, -0.1) is 0 Å². The predicted octanol–water partition coefficient (Wildman–Crippen LogP) is 4.06. The molecule has 148 valence electrons. The zero-order chi connectivity index (χ0) is 20.0. The molecule has 2 saturated heterocycles. The molecule has 0 bridgehead atoms. The number of hydrogen-bond acceptors (Lipinski definition) is 4. The average Bonchev–Trinajstić information content (AvgIpc) is 3.09. The lowest BCUT2D eigenvalue weighted by atomic mass is 9.78. The van der Waals surface area contributed by atoms with Crippen LogP contribution in [0, 0.1) is 0 Å². The monoisotopic (exact) mass is 373 g/mol. The summed E-state index contributed by atoms with van der Waals surface area (Å²) in [6.45, 7) is 14.6. The van der Waals surface area contributed by atoms with Gasteiger partial charge in [-0.25, -0.2) is 4.79 Å². The number of ether oxygens (including phenoxy) is 1. The molecule has 1 amide bonds. The lowest BCUT2D eigenvalue weighted by Gasteiger charge is -2.32. The van der Waals surface area contributed by atoms with Crippen molar-refractivity contribution in [3.63, 3.8) is 0 Å². The Bertz CT molecular complexity index is 694. The molecule has 27 heavy (non-hydrogen) atoms. The van der Waals surface area contributed by atoms with Crippen molar-refractivity contribution in [2.75, 3.05) is 6.54 Å². The van der Waals surface area contributed by atoms with E-state index in [4.69, 9.17) is 14.0 Å². The Morgan fingerprint density at radius 3 is 2.41 bits per heavy atom. The highest BCUT2D eigenvalue weighted by Crippen LogP contribution is 2.37. The molecule has 2 heterocycles. The smallest absolute Gasteiger partial charge is 0.444 e. The van der Waals surface area contributed by atoms with Crippen LogP contribution >= 0.6 is 0 Å². The summed E-state index contributed by atoms with van der Waals surface area (Å²) in [6, 6.07) is 8.25. The van der Waals surface area contributed by atoms with E-state index < -0.39 is 12.7 Å². The maximum atomic E-state index is 12.6. The largest absolute Gasteiger partial charge is 0.494 e. The van der Waals surface area contributed by atoms with Crippen LogP contribution in [0.25, 0.3) is 0 Å². The highest BCUT2D eigenvalue weighted by Gasteiger charge is 2.51. The number of hydrogen-bond donors (Lipinski definition) is 0. The molecule has 2 aliphatic rings. The van der Waals surface area contributed by atoms with Gasteiger partial charge in [-0.2, -0.15) is 0 Å². The van der Waals surface area contributed by atoms with Crippen molar-refractivity contribution in [1.82, 2.24) is 4.90 Å². The van der Waals surface area contributed by atoms with E-state index >= 15 is 0 Å². The van der Waals surface area contributed by atoms with Crippen molar-refractivity contribution in [2.24, 2.45) is 0 Å². The third-order valence-corrected chi connectivity index (χ3v) is 5.70. The number of rotatable bonds is 2. The first-order valence-electron chi connectivity index (χ1n) is 9.85. The molecule has 0 aromatic heterocycles. The first-order chi connectivity index (χ1) is 12.4. The lowest BCUT2D eigenvalue weighted by Crippen LogP contribution is -2.41. The van der Waals surface area contributed by atoms with E-state index in [1.54, 1.807) is 0 Å². The second kappa shape index (κ2) is 6.82. The quantitative estimate of drug-likeness (QED) is 0.734. The summed E-state index contributed by atoms with van der Waals surface area (Å²) in [7, 11) is -0.397. The van der Waals surface area contributed by atoms with E-state index in [1.807, 2.05) is 37.8 Å². The van der Waals surface area contributed by atoms with E-state index in [0.29, 0.717) is 0 Å². The molecule has 1 aromatic carbocycles. The number of nitrogens with zero attached hydrogens (tertiary/aromatic N) is 1. The average molecular weight is 373 g/mol. The van der Waals surface area contributed by atoms with E-state index in [-0.39, 0.29) is 23.3 Å². The summed E-state index contributed by atoms with van der Waals surface area (Å²) in [6.07, 6.45) is 1.67. The van der Waals surface area contributed by atoms with Crippen LogP contribution in [0.3, 0.4) is 0 Å². The minimum absolute atomic E-state index is 0.0298. The van der Waals surface area contributed by atoms with Gasteiger partial charge in [-0.1, -0.05) is 24.3 Å². The summed E-state index contributed by atoms with van der Waals surface area (Å²) < 4.78 is 18.0. The van der Waals surface area contributed by atoms with Crippen LogP contribution in [0.4, 0.5) is 4.79 Å². The van der Waals surface area contributed by atoms with Gasteiger partial charge in [0.05, 0.1) is 17.2 Å². The third-order valence-electron chi connectivity index (χ3n) is 5.70. The Hall–Kier alpha value is -1.53. The second-order valence-electron chi connectivity index (χ2n) is 9.59. The number of carbonyl (C=O) groups excluding carboxylic acids is 1. The van der Waals surface area contributed by atoms with Crippen LogP contribution in [0.5, 0.6) is 0 Å². The van der Waals surface area contributed by atoms with Gasteiger partial charge in [0.1, 0.15) is 5.60 Å². The van der Waals surface area contributed by atoms with Gasteiger partial charge in [0.25, 0.3) is 0 Å². The Kier molecular flexibility index (Phi) is 5.11. The molecule has 0 radical (unpaired) electrons. The minimum atomic E-state index is -0.491. The second-order valence-corrected chi connectivity index (χ2v) is 9.59. The molecule has 0 spiro atoms. The van der Waals surface area contributed by atoms with E-state index in [9.17, 15) is 4.79 Å². The Balaban J connectivity index is 1.80. The molecule has 2 fully saturated rings. The molecule has 5 nitrogen and oxygen atoms in total. The zero-order valence-corrected chi connectivity index (χ0v) is 17.7. The first-order valence-corrected chi connectivity index (χ1v) is 9.85. The first kappa shape index (κ1) is 20.2. The standard InChI is InChI=1S/C21H32BNO4/c1-19(2,3)25-18(24)23-13-9-12-17(23)15-10-8-11-16(14-15)22-26-20(4,5)21(6,7)27-22/h8,10-11,14,17H,9,12-13H2,1-7H3. The minimum Gasteiger partial charge on any atom is -0.444 e. The van der Waals surface area contributed by atoms with Crippen LogP contribution in [-0.2, 0) is 14.0 Å². The molecular formula is C21H32BNO4. The Morgan fingerprint density at radius 2 is 1.81 bits per heavy atom. The van der Waals surface area contributed by atoms with Crippen LogP contribution in [0.15, 0.2) is 24.3 Å². The third kappa shape index (κ3) is 4.17. The van der Waals surface area contributed by atoms with Gasteiger partial charge in [0, 0.05) is 6.54 Å². The maximum absolute atomic E-state index is 12.6. The zero-order valence-electron chi connectivity index (χ0n) is 17.7. The number of likely N-dealkylation sites (tertiary alicyclic amines) is 1. The maximum Gasteiger partial charge on any atom is 0.494 e. The Morgan fingerprint density at radius 1 is 1.19 bits per heavy atom. The van der Waals surface area contributed by atoms with Crippen LogP contribution in [0.2, 0.25) is 0 Å². The fraction of sp³-hybridized carbons (Fsp3) is 0.667. The van der Waals surface area contributed by atoms with Gasteiger partial charge in [-0.05, 0) is 72.3 Å². The molecule has 0 aliphatic carbocycles. The van der Waals surface area contributed by atoms with Crippen molar-refractivity contribution in [2.45, 2.75) is 84.2 Å². The molecule has 0 N–H and O–H groups in total. The molecule has 1 aromatic rings. The molecule has 6 heteroatoms. The van der Waals surface area contributed by atoms with Crippen molar-refractivity contribution < 1.29 is 18.8 Å². The van der Waals surface area contributed by atoms with Crippen molar-refractivity contribution in [3.8, 4) is 0 Å². The van der Waals surface area contributed by atoms with Crippen molar-refractivity contribution in [1.29, 1.82) is 0 Å². The van der Waals surface area contributed by atoms with Gasteiger partial charge < -0.3 is 18.9 Å². The number of carbonyl (C=O) groups is 1. The van der Waals surface area contributed by atoms with Gasteiger partial charge >= 0.3 is 13.2 Å². The van der Waals surface area contributed by atoms with Gasteiger partial charge in [0.2, 0.25) is 0 Å². The predicted molar refractivity (Wildman–Crippen MR) is 107 cm³/mol. The normalized spacial score (nSPS) is 24.3. The summed E-state index contributed by atoms with van der Waals surface area (Å²) >= 11 is 0. The molecular weight excluding hydrogens is 341 g/mol. The van der Waals surface area contributed by atoms with Crippen LogP contribution in [-0.4, -0.2) is 41.5 Å². The molecule has 1 unspecified atom stereocenters. The SMILES string of the molecule is CC(C)(C)OC(=O)N1CCCC1c1cccc(B2OC(C)(C)C(C)(C)O2)c1. The highest BCUT2D eigenvalue weighted by atomic mass is 16.7. The van der Waals surface area contributed by atoms with Crippen molar-refractivity contribution >= 4 is 18.7 Å². The number of amides is 1. The van der Waals surface area contributed by atoms with E-state index in [2.05, 4.69) is 39.8 Å². The Labute approximate surface area is 163 Å². The molecule has 0 saturated carbocycles. The van der Waals surface area contributed by atoms with Gasteiger partial charge in [0.15, 0.2) is 0 Å². The molecule has 3 rings (SSSR count). The summed E-state index contributed by atoms with van der Waals surface area (Å²) in [5, 5.41) is 0. The summed E-state index contributed by atoms with van der Waals surface area (Å²) in [5.41, 5.74) is 0.856. The van der Waals surface area contributed by atoms with E-state index in [0.717, 1.165) is 30.4 Å². The lowest BCUT2D eigenvalue weighted by molar-refractivity contribution is 0.00578. The fourth-order valence-electron chi connectivity index (χ4n) is 3.54. The van der Waals surface area contributed by atoms with E-state index in [1.165, 1.54) is 0 Å².